The van der Waals surface area contributed by atoms with Crippen molar-refractivity contribution in [2.24, 2.45) is 0 Å². The second kappa shape index (κ2) is 5.25. The van der Waals surface area contributed by atoms with Crippen molar-refractivity contribution in [1.82, 2.24) is 0 Å². The molecule has 2 aromatic carbocycles. The van der Waals surface area contributed by atoms with Crippen LogP contribution >= 0.6 is 24.2 Å². The van der Waals surface area contributed by atoms with Gasteiger partial charge in [0.25, 0.3) is 5.91 Å². The topological polar surface area (TPSA) is 29.1 Å². The van der Waals surface area contributed by atoms with Crippen LogP contribution in [0.4, 0.5) is 5.69 Å². The molecule has 0 bridgehead atoms. The van der Waals surface area contributed by atoms with E-state index in [1.165, 1.54) is 0 Å². The second-order valence-electron chi connectivity index (χ2n) is 3.48. The van der Waals surface area contributed by atoms with Crippen LogP contribution in [0.15, 0.2) is 53.4 Å². The molecule has 0 aliphatic heterocycles. The molecule has 0 unspecified atom stereocenters. The summed E-state index contributed by atoms with van der Waals surface area (Å²) in [5.74, 6) is -0.220. The van der Waals surface area contributed by atoms with E-state index in [2.05, 4.69) is 17.9 Å². The van der Waals surface area contributed by atoms with Crippen LogP contribution in [0.2, 0.25) is 5.02 Å². The number of carbonyl (C=O) groups excluding carboxylic acids is 1. The number of nitrogens with one attached hydrogen (secondary N) is 1. The smallest absolute Gasteiger partial charge is 0.257 e. The minimum Gasteiger partial charge on any atom is -0.322 e. The number of thiol groups is 1. The molecule has 86 valence electrons. The normalized spacial score (nSPS) is 10.0. The van der Waals surface area contributed by atoms with Gasteiger partial charge in [-0.05, 0) is 36.4 Å². The zero-order valence-corrected chi connectivity index (χ0v) is 10.5. The highest BCUT2D eigenvalue weighted by atomic mass is 35.5. The van der Waals surface area contributed by atoms with E-state index in [4.69, 9.17) is 11.6 Å². The van der Waals surface area contributed by atoms with Crippen LogP contribution in [0, 0.1) is 0 Å². The summed E-state index contributed by atoms with van der Waals surface area (Å²) in [4.78, 5) is 12.8. The molecule has 0 atom stereocenters. The summed E-state index contributed by atoms with van der Waals surface area (Å²) in [6.45, 7) is 0. The van der Waals surface area contributed by atoms with Gasteiger partial charge in [0.05, 0.1) is 10.6 Å². The molecule has 0 aliphatic carbocycles. The number of rotatable bonds is 2. The van der Waals surface area contributed by atoms with Gasteiger partial charge >= 0.3 is 0 Å². The predicted molar refractivity (Wildman–Crippen MR) is 73.1 cm³/mol. The monoisotopic (exact) mass is 263 g/mol. The fraction of sp³-hybridized carbons (Fsp3) is 0. The molecule has 17 heavy (non-hydrogen) atoms. The first-order chi connectivity index (χ1) is 8.16. The maximum Gasteiger partial charge on any atom is 0.257 e. The summed E-state index contributed by atoms with van der Waals surface area (Å²) >= 11 is 10.1. The van der Waals surface area contributed by atoms with E-state index >= 15 is 0 Å². The van der Waals surface area contributed by atoms with E-state index < -0.39 is 0 Å². The van der Waals surface area contributed by atoms with Crippen molar-refractivity contribution in [3.8, 4) is 0 Å². The van der Waals surface area contributed by atoms with Crippen LogP contribution in [-0.2, 0) is 0 Å². The molecule has 1 amide bonds. The Balaban J connectivity index is 2.17. The third-order valence-electron chi connectivity index (χ3n) is 2.24. The molecule has 0 heterocycles. The summed E-state index contributed by atoms with van der Waals surface area (Å²) in [5.41, 5.74) is 1.18. The van der Waals surface area contributed by atoms with Crippen molar-refractivity contribution < 1.29 is 4.79 Å². The number of carbonyl (C=O) groups is 1. The van der Waals surface area contributed by atoms with Crippen LogP contribution in [-0.4, -0.2) is 5.91 Å². The van der Waals surface area contributed by atoms with Gasteiger partial charge in [-0.3, -0.25) is 4.79 Å². The first-order valence-electron chi connectivity index (χ1n) is 5.02. The minimum absolute atomic E-state index is 0.220. The third kappa shape index (κ3) is 3.02. The van der Waals surface area contributed by atoms with E-state index in [1.807, 2.05) is 12.1 Å². The van der Waals surface area contributed by atoms with Gasteiger partial charge < -0.3 is 5.32 Å². The number of amides is 1. The maximum atomic E-state index is 11.9. The third-order valence-corrected chi connectivity index (χ3v) is 2.87. The van der Waals surface area contributed by atoms with E-state index in [0.717, 1.165) is 4.90 Å². The minimum atomic E-state index is -0.220. The summed E-state index contributed by atoms with van der Waals surface area (Å²) in [6, 6.07) is 14.1. The average molecular weight is 264 g/mol. The molecule has 0 aliphatic rings. The molecule has 0 fully saturated rings. The largest absolute Gasteiger partial charge is 0.322 e. The molecule has 0 spiro atoms. The van der Waals surface area contributed by atoms with Crippen molar-refractivity contribution in [1.29, 1.82) is 0 Å². The fourth-order valence-electron chi connectivity index (χ4n) is 1.39. The van der Waals surface area contributed by atoms with Crippen LogP contribution in [0.25, 0.3) is 0 Å². The number of benzene rings is 2. The van der Waals surface area contributed by atoms with Crippen molar-refractivity contribution >= 4 is 35.8 Å². The van der Waals surface area contributed by atoms with Crippen molar-refractivity contribution in [2.45, 2.75) is 4.90 Å². The van der Waals surface area contributed by atoms with Crippen LogP contribution < -0.4 is 5.32 Å². The van der Waals surface area contributed by atoms with Gasteiger partial charge in [0.15, 0.2) is 0 Å². The van der Waals surface area contributed by atoms with Crippen molar-refractivity contribution in [3.05, 3.63) is 59.1 Å². The zero-order valence-electron chi connectivity index (χ0n) is 8.85. The first-order valence-corrected chi connectivity index (χ1v) is 5.84. The van der Waals surface area contributed by atoms with Gasteiger partial charge in [0.2, 0.25) is 0 Å². The molecular weight excluding hydrogens is 254 g/mol. The summed E-state index contributed by atoms with van der Waals surface area (Å²) in [5, 5.41) is 3.21. The molecule has 2 aromatic rings. The fourth-order valence-corrected chi connectivity index (χ4v) is 1.76. The van der Waals surface area contributed by atoms with Gasteiger partial charge in [-0.25, -0.2) is 0 Å². The standard InChI is InChI=1S/C13H10ClNOS/c14-12-4-2-1-3-11(12)13(16)15-9-5-7-10(17)8-6-9/h1-8,17H,(H,15,16). The lowest BCUT2D eigenvalue weighted by molar-refractivity contribution is 0.102. The molecule has 0 saturated carbocycles. The zero-order chi connectivity index (χ0) is 12.3. The molecule has 2 nitrogen and oxygen atoms in total. The Morgan fingerprint density at radius 1 is 1.06 bits per heavy atom. The SMILES string of the molecule is O=C(Nc1ccc(S)cc1)c1ccccc1Cl. The Hall–Kier alpha value is -1.45. The quantitative estimate of drug-likeness (QED) is 0.791. The summed E-state index contributed by atoms with van der Waals surface area (Å²) in [7, 11) is 0. The first kappa shape index (κ1) is 12.0. The van der Waals surface area contributed by atoms with Gasteiger partial charge in [-0.2, -0.15) is 0 Å². The summed E-state index contributed by atoms with van der Waals surface area (Å²) in [6.07, 6.45) is 0. The van der Waals surface area contributed by atoms with Crippen LogP contribution in [0.1, 0.15) is 10.4 Å². The van der Waals surface area contributed by atoms with Crippen LogP contribution in [0.3, 0.4) is 0 Å². The molecule has 0 aromatic heterocycles. The molecule has 2 rings (SSSR count). The molecule has 1 N–H and O–H groups in total. The molecule has 0 saturated heterocycles. The lowest BCUT2D eigenvalue weighted by atomic mass is 10.2. The number of hydrogen-bond acceptors (Lipinski definition) is 2. The Morgan fingerprint density at radius 3 is 2.35 bits per heavy atom. The molecular formula is C13H10ClNOS. The lowest BCUT2D eigenvalue weighted by Gasteiger charge is -2.06. The highest BCUT2D eigenvalue weighted by molar-refractivity contribution is 7.80. The van der Waals surface area contributed by atoms with E-state index in [9.17, 15) is 4.79 Å². The number of hydrogen-bond donors (Lipinski definition) is 2. The second-order valence-corrected chi connectivity index (χ2v) is 4.40. The van der Waals surface area contributed by atoms with Gasteiger partial charge in [0, 0.05) is 10.6 Å². The van der Waals surface area contributed by atoms with Gasteiger partial charge in [-0.15, -0.1) is 12.6 Å². The maximum absolute atomic E-state index is 11.9. The summed E-state index contributed by atoms with van der Waals surface area (Å²) < 4.78 is 0. The van der Waals surface area contributed by atoms with Gasteiger partial charge in [0.1, 0.15) is 0 Å². The van der Waals surface area contributed by atoms with Crippen LogP contribution in [0.5, 0.6) is 0 Å². The van der Waals surface area contributed by atoms with Crippen molar-refractivity contribution in [2.75, 3.05) is 5.32 Å². The van der Waals surface area contributed by atoms with E-state index in [1.54, 1.807) is 36.4 Å². The Bertz CT molecular complexity index is 539. The Labute approximate surface area is 110 Å². The van der Waals surface area contributed by atoms with E-state index in [0.29, 0.717) is 16.3 Å². The molecule has 0 radical (unpaired) electrons. The highest BCUT2D eigenvalue weighted by Crippen LogP contribution is 2.18. The number of halogens is 1. The van der Waals surface area contributed by atoms with E-state index in [-0.39, 0.29) is 5.91 Å². The number of anilines is 1. The highest BCUT2D eigenvalue weighted by Gasteiger charge is 2.09. The van der Waals surface area contributed by atoms with Gasteiger partial charge in [-0.1, -0.05) is 23.7 Å². The van der Waals surface area contributed by atoms with Crippen molar-refractivity contribution in [3.63, 3.8) is 0 Å². The Morgan fingerprint density at radius 2 is 1.71 bits per heavy atom. The predicted octanol–water partition coefficient (Wildman–Crippen LogP) is 3.88. The average Bonchev–Trinajstić information content (AvgIpc) is 2.32. The Kier molecular flexibility index (Phi) is 3.71. The molecule has 4 heteroatoms. The lowest BCUT2D eigenvalue weighted by Crippen LogP contribution is -2.12.